The van der Waals surface area contributed by atoms with E-state index in [9.17, 15) is 23.2 Å². The highest BCUT2D eigenvalue weighted by atomic mass is 19.1. The van der Waals surface area contributed by atoms with Gasteiger partial charge < -0.3 is 15.3 Å². The van der Waals surface area contributed by atoms with E-state index in [1.807, 2.05) is 20.8 Å². The third kappa shape index (κ3) is 9.59. The van der Waals surface area contributed by atoms with Gasteiger partial charge >= 0.3 is 5.97 Å². The molecule has 0 spiro atoms. The lowest BCUT2D eigenvalue weighted by atomic mass is 9.96. The number of aliphatic carboxylic acids is 1. The number of halogens is 2. The van der Waals surface area contributed by atoms with Gasteiger partial charge in [-0.15, -0.1) is 0 Å². The van der Waals surface area contributed by atoms with Crippen LogP contribution in [0.4, 0.5) is 8.78 Å². The van der Waals surface area contributed by atoms with Crippen molar-refractivity contribution in [2.75, 3.05) is 13.1 Å². The van der Waals surface area contributed by atoms with Gasteiger partial charge in [-0.2, -0.15) is 0 Å². The SMILES string of the molecule is CCCN(CCC)C(=O)c1cc(C)cc(C(=O)NC(CCC[C@H](C)C(=O)O)Cc2cc(F)cc(F)c2)c1. The fraction of sp³-hybridized carbons (Fsp3) is 0.483. The third-order valence-electron chi connectivity index (χ3n) is 6.21. The van der Waals surface area contributed by atoms with Gasteiger partial charge in [0.15, 0.2) is 0 Å². The molecule has 0 fully saturated rings. The number of carboxylic acids is 1. The van der Waals surface area contributed by atoms with E-state index in [0.29, 0.717) is 49.0 Å². The molecule has 2 rings (SSSR count). The quantitative estimate of drug-likeness (QED) is 0.334. The monoisotopic (exact) mass is 516 g/mol. The zero-order valence-corrected chi connectivity index (χ0v) is 22.2. The molecular weight excluding hydrogens is 478 g/mol. The number of nitrogens with zero attached hydrogens (tertiary/aromatic N) is 1. The van der Waals surface area contributed by atoms with Crippen molar-refractivity contribution in [2.45, 2.75) is 72.3 Å². The first-order valence-electron chi connectivity index (χ1n) is 12.9. The first-order valence-corrected chi connectivity index (χ1v) is 12.9. The van der Waals surface area contributed by atoms with E-state index in [2.05, 4.69) is 5.32 Å². The number of carbonyl (C=O) groups excluding carboxylic acids is 2. The first kappa shape index (κ1) is 29.9. The maximum absolute atomic E-state index is 13.8. The highest BCUT2D eigenvalue weighted by molar-refractivity contribution is 6.00. The summed E-state index contributed by atoms with van der Waals surface area (Å²) in [5.74, 6) is -3.37. The summed E-state index contributed by atoms with van der Waals surface area (Å²) in [5.41, 5.74) is 1.92. The van der Waals surface area contributed by atoms with Gasteiger partial charge in [0.05, 0.1) is 5.92 Å². The molecule has 2 aromatic rings. The summed E-state index contributed by atoms with van der Waals surface area (Å²) < 4.78 is 27.5. The largest absolute Gasteiger partial charge is 0.481 e. The lowest BCUT2D eigenvalue weighted by Crippen LogP contribution is -2.37. The Kier molecular flexibility index (Phi) is 11.7. The summed E-state index contributed by atoms with van der Waals surface area (Å²) in [4.78, 5) is 39.3. The Bertz CT molecular complexity index is 1060. The fourth-order valence-corrected chi connectivity index (χ4v) is 4.38. The van der Waals surface area contributed by atoms with E-state index in [-0.39, 0.29) is 12.3 Å². The Balaban J connectivity index is 2.25. The number of nitrogens with one attached hydrogen (secondary N) is 1. The molecule has 1 unspecified atom stereocenters. The van der Waals surface area contributed by atoms with Crippen molar-refractivity contribution in [3.63, 3.8) is 0 Å². The normalized spacial score (nSPS) is 12.6. The van der Waals surface area contributed by atoms with Gasteiger partial charge in [0, 0.05) is 36.3 Å². The van der Waals surface area contributed by atoms with Crippen molar-refractivity contribution in [3.05, 3.63) is 70.3 Å². The number of benzene rings is 2. The molecule has 0 bridgehead atoms. The Hall–Kier alpha value is -3.29. The Labute approximate surface area is 218 Å². The topological polar surface area (TPSA) is 86.7 Å². The van der Waals surface area contributed by atoms with E-state index in [4.69, 9.17) is 5.11 Å². The summed E-state index contributed by atoms with van der Waals surface area (Å²) in [6, 6.07) is 7.79. The van der Waals surface area contributed by atoms with Gasteiger partial charge in [0.2, 0.25) is 0 Å². The molecule has 2 N–H and O–H groups in total. The van der Waals surface area contributed by atoms with Crippen LogP contribution in [0.1, 0.15) is 84.7 Å². The van der Waals surface area contributed by atoms with Crippen molar-refractivity contribution in [1.29, 1.82) is 0 Å². The number of hydrogen-bond acceptors (Lipinski definition) is 3. The number of amides is 2. The number of hydrogen-bond donors (Lipinski definition) is 2. The predicted octanol–water partition coefficient (Wildman–Crippen LogP) is 5.77. The molecule has 2 aromatic carbocycles. The highest BCUT2D eigenvalue weighted by Gasteiger charge is 2.20. The van der Waals surface area contributed by atoms with Crippen LogP contribution in [0.15, 0.2) is 36.4 Å². The maximum atomic E-state index is 13.8. The van der Waals surface area contributed by atoms with Gasteiger partial charge in [-0.05, 0) is 80.5 Å². The van der Waals surface area contributed by atoms with E-state index in [1.165, 1.54) is 12.1 Å². The Morgan fingerprint density at radius 2 is 1.51 bits per heavy atom. The van der Waals surface area contributed by atoms with Crippen LogP contribution in [-0.2, 0) is 11.2 Å². The van der Waals surface area contributed by atoms with Crippen molar-refractivity contribution >= 4 is 17.8 Å². The Morgan fingerprint density at radius 1 is 0.919 bits per heavy atom. The molecule has 202 valence electrons. The summed E-state index contributed by atoms with van der Waals surface area (Å²) in [7, 11) is 0. The predicted molar refractivity (Wildman–Crippen MR) is 140 cm³/mol. The molecule has 0 saturated heterocycles. The molecule has 37 heavy (non-hydrogen) atoms. The van der Waals surface area contributed by atoms with E-state index < -0.39 is 35.5 Å². The maximum Gasteiger partial charge on any atom is 0.306 e. The minimum Gasteiger partial charge on any atom is -0.481 e. The second-order valence-corrected chi connectivity index (χ2v) is 9.70. The summed E-state index contributed by atoms with van der Waals surface area (Å²) in [6.45, 7) is 8.70. The fourth-order valence-electron chi connectivity index (χ4n) is 4.38. The molecule has 0 heterocycles. The molecule has 2 atom stereocenters. The van der Waals surface area contributed by atoms with Crippen LogP contribution in [0.3, 0.4) is 0 Å². The Morgan fingerprint density at radius 3 is 2.08 bits per heavy atom. The average molecular weight is 517 g/mol. The number of rotatable bonds is 14. The smallest absolute Gasteiger partial charge is 0.306 e. The molecular formula is C29H38F2N2O4. The van der Waals surface area contributed by atoms with Crippen molar-refractivity contribution in [1.82, 2.24) is 10.2 Å². The first-order chi connectivity index (χ1) is 17.5. The highest BCUT2D eigenvalue weighted by Crippen LogP contribution is 2.18. The molecule has 2 amide bonds. The van der Waals surface area contributed by atoms with Crippen LogP contribution >= 0.6 is 0 Å². The summed E-state index contributed by atoms with van der Waals surface area (Å²) in [5, 5.41) is 12.1. The number of carbonyl (C=O) groups is 3. The van der Waals surface area contributed by atoms with Gasteiger partial charge in [0.25, 0.3) is 11.8 Å². The number of carboxylic acid groups (broad SMARTS) is 1. The lowest BCUT2D eigenvalue weighted by molar-refractivity contribution is -0.141. The number of aryl methyl sites for hydroxylation is 1. The van der Waals surface area contributed by atoms with Crippen LogP contribution in [0.2, 0.25) is 0 Å². The molecule has 0 saturated carbocycles. The van der Waals surface area contributed by atoms with Crippen LogP contribution in [0.25, 0.3) is 0 Å². The van der Waals surface area contributed by atoms with Crippen molar-refractivity contribution in [2.24, 2.45) is 5.92 Å². The van der Waals surface area contributed by atoms with Crippen molar-refractivity contribution < 1.29 is 28.3 Å². The van der Waals surface area contributed by atoms with Crippen LogP contribution < -0.4 is 5.32 Å². The lowest BCUT2D eigenvalue weighted by Gasteiger charge is -2.23. The van der Waals surface area contributed by atoms with E-state index in [1.54, 1.807) is 30.0 Å². The van der Waals surface area contributed by atoms with Gasteiger partial charge in [-0.1, -0.05) is 27.2 Å². The van der Waals surface area contributed by atoms with Crippen LogP contribution in [-0.4, -0.2) is 46.9 Å². The zero-order valence-electron chi connectivity index (χ0n) is 22.2. The van der Waals surface area contributed by atoms with Gasteiger partial charge in [0.1, 0.15) is 11.6 Å². The second-order valence-electron chi connectivity index (χ2n) is 9.70. The average Bonchev–Trinajstić information content (AvgIpc) is 2.82. The summed E-state index contributed by atoms with van der Waals surface area (Å²) in [6.07, 6.45) is 3.19. The van der Waals surface area contributed by atoms with Gasteiger partial charge in [-0.25, -0.2) is 8.78 Å². The van der Waals surface area contributed by atoms with Gasteiger partial charge in [-0.3, -0.25) is 14.4 Å². The van der Waals surface area contributed by atoms with Crippen LogP contribution in [0, 0.1) is 24.5 Å². The minimum absolute atomic E-state index is 0.129. The molecule has 0 radical (unpaired) electrons. The zero-order chi connectivity index (χ0) is 27.5. The molecule has 8 heteroatoms. The third-order valence-corrected chi connectivity index (χ3v) is 6.21. The molecule has 0 aliphatic carbocycles. The van der Waals surface area contributed by atoms with Crippen LogP contribution in [0.5, 0.6) is 0 Å². The molecule has 0 aliphatic rings. The van der Waals surface area contributed by atoms with E-state index in [0.717, 1.165) is 24.5 Å². The molecule has 0 aromatic heterocycles. The van der Waals surface area contributed by atoms with E-state index >= 15 is 0 Å². The molecule has 0 aliphatic heterocycles. The minimum atomic E-state index is -0.898. The summed E-state index contributed by atoms with van der Waals surface area (Å²) >= 11 is 0. The van der Waals surface area contributed by atoms with Crippen molar-refractivity contribution in [3.8, 4) is 0 Å². The molecule has 6 nitrogen and oxygen atoms in total. The standard InChI is InChI=1S/C29H38F2N2O4/c1-5-10-33(11-6-2)28(35)23-13-19(3)12-22(17-23)27(34)32-26(9-7-8-20(4)29(36)37)16-21-14-24(30)18-25(31)15-21/h12-15,17-18,20,26H,5-11,16H2,1-4H3,(H,32,34)(H,36,37)/t20-,26?/m0/s1. The second kappa shape index (κ2) is 14.4.